The minimum absolute atomic E-state index is 0.0408. The first-order valence-electron chi connectivity index (χ1n) is 12.7. The van der Waals surface area contributed by atoms with Crippen molar-refractivity contribution in [2.75, 3.05) is 42.8 Å². The number of hydrogen-bond acceptors (Lipinski definition) is 7. The second-order valence-electron chi connectivity index (χ2n) is 9.64. The van der Waals surface area contributed by atoms with Crippen LogP contribution in [0.2, 0.25) is 0 Å². The second-order valence-corrected chi connectivity index (χ2v) is 11.5. The summed E-state index contributed by atoms with van der Waals surface area (Å²) < 4.78 is 33.9. The van der Waals surface area contributed by atoms with E-state index in [4.69, 9.17) is 4.74 Å². The Balaban J connectivity index is 1.46. The first-order chi connectivity index (χ1) is 19.0. The van der Waals surface area contributed by atoms with Gasteiger partial charge in [0.25, 0.3) is 5.91 Å². The number of nitrogens with zero attached hydrogens (tertiary/aromatic N) is 2. The van der Waals surface area contributed by atoms with Gasteiger partial charge in [-0.2, -0.15) is 4.31 Å². The summed E-state index contributed by atoms with van der Waals surface area (Å²) >= 11 is 0. The highest BCUT2D eigenvalue weighted by Crippen LogP contribution is 2.36. The van der Waals surface area contributed by atoms with E-state index in [1.165, 1.54) is 35.5 Å². The summed E-state index contributed by atoms with van der Waals surface area (Å²) in [5.41, 5.74) is 3.68. The topological polar surface area (TPSA) is 125 Å². The fourth-order valence-corrected chi connectivity index (χ4v) is 6.19. The van der Waals surface area contributed by atoms with E-state index in [0.29, 0.717) is 17.8 Å². The number of anilines is 3. The molecule has 2 N–H and O–H groups in total. The van der Waals surface area contributed by atoms with Gasteiger partial charge in [0.1, 0.15) is 0 Å². The summed E-state index contributed by atoms with van der Waals surface area (Å²) in [6.07, 6.45) is 0.227. The third-order valence-corrected chi connectivity index (χ3v) is 8.46. The zero-order valence-corrected chi connectivity index (χ0v) is 23.4. The smallest absolute Gasteiger partial charge is 0.308 e. The first-order valence-corrected chi connectivity index (χ1v) is 14.2. The molecule has 0 saturated heterocycles. The maximum absolute atomic E-state index is 13.7. The molecule has 3 aromatic rings. The molecule has 210 valence electrons. The molecule has 1 aliphatic heterocycles. The fourth-order valence-electron chi connectivity index (χ4n) is 4.58. The fraction of sp³-hybridized carbons (Fsp3) is 0.276. The van der Waals surface area contributed by atoms with E-state index in [1.807, 2.05) is 43.3 Å². The normalized spacial score (nSPS) is 15.0. The molecule has 1 atom stereocenters. The monoisotopic (exact) mass is 564 g/mol. The maximum atomic E-state index is 13.7. The highest BCUT2D eigenvalue weighted by Gasteiger charge is 2.38. The lowest BCUT2D eigenvalue weighted by atomic mass is 9.92. The molecule has 40 heavy (non-hydrogen) atoms. The number of benzene rings is 3. The van der Waals surface area contributed by atoms with Crippen LogP contribution < -0.4 is 15.5 Å². The van der Waals surface area contributed by atoms with Crippen LogP contribution in [0.5, 0.6) is 0 Å². The third kappa shape index (κ3) is 6.85. The van der Waals surface area contributed by atoms with Crippen LogP contribution in [-0.2, 0) is 35.6 Å². The Morgan fingerprint density at radius 1 is 0.925 bits per heavy atom. The number of fused-ring (bicyclic) bond motifs is 1. The van der Waals surface area contributed by atoms with Crippen LogP contribution in [-0.4, -0.2) is 57.8 Å². The average molecular weight is 565 g/mol. The molecule has 1 aliphatic rings. The van der Waals surface area contributed by atoms with Crippen molar-refractivity contribution in [3.05, 3.63) is 83.9 Å². The lowest BCUT2D eigenvalue weighted by Gasteiger charge is -2.36. The van der Waals surface area contributed by atoms with E-state index < -0.39 is 34.5 Å². The predicted molar refractivity (Wildman–Crippen MR) is 152 cm³/mol. The van der Waals surface area contributed by atoms with Gasteiger partial charge in [-0.1, -0.05) is 24.3 Å². The van der Waals surface area contributed by atoms with Crippen molar-refractivity contribution >= 4 is 44.9 Å². The molecule has 0 aliphatic carbocycles. The highest BCUT2D eigenvalue weighted by atomic mass is 32.2. The molecule has 0 bridgehead atoms. The average Bonchev–Trinajstić information content (AvgIpc) is 2.92. The molecule has 4 rings (SSSR count). The Bertz CT molecular complexity index is 1490. The number of sulfonamides is 1. The van der Waals surface area contributed by atoms with E-state index in [1.54, 1.807) is 24.3 Å². The molecular weight excluding hydrogens is 532 g/mol. The Labute approximate surface area is 234 Å². The van der Waals surface area contributed by atoms with Crippen LogP contribution >= 0.6 is 0 Å². The minimum Gasteiger partial charge on any atom is -0.456 e. The van der Waals surface area contributed by atoms with Gasteiger partial charge in [0.05, 0.1) is 17.4 Å². The molecule has 0 saturated carbocycles. The number of esters is 1. The Morgan fingerprint density at radius 2 is 1.55 bits per heavy atom. The van der Waals surface area contributed by atoms with Gasteiger partial charge in [-0.25, -0.2) is 8.42 Å². The van der Waals surface area contributed by atoms with E-state index in [0.717, 1.165) is 16.8 Å². The number of rotatable bonds is 9. The van der Waals surface area contributed by atoms with E-state index in [-0.39, 0.29) is 23.8 Å². The molecule has 3 aromatic carbocycles. The summed E-state index contributed by atoms with van der Waals surface area (Å²) in [7, 11) is -0.175. The molecule has 0 radical (unpaired) electrons. The van der Waals surface area contributed by atoms with E-state index in [2.05, 4.69) is 10.6 Å². The number of amides is 2. The molecular formula is C29H32N4O6S. The molecule has 0 aromatic heterocycles. The van der Waals surface area contributed by atoms with Gasteiger partial charge >= 0.3 is 5.97 Å². The van der Waals surface area contributed by atoms with E-state index in [9.17, 15) is 22.8 Å². The third-order valence-electron chi connectivity index (χ3n) is 6.54. The van der Waals surface area contributed by atoms with Crippen molar-refractivity contribution in [2.24, 2.45) is 0 Å². The van der Waals surface area contributed by atoms with Crippen molar-refractivity contribution < 1.29 is 27.5 Å². The van der Waals surface area contributed by atoms with Crippen molar-refractivity contribution in [1.82, 2.24) is 4.31 Å². The van der Waals surface area contributed by atoms with Crippen LogP contribution in [0.4, 0.5) is 17.1 Å². The van der Waals surface area contributed by atoms with Crippen molar-refractivity contribution in [2.45, 2.75) is 30.7 Å². The Morgan fingerprint density at radius 3 is 2.20 bits per heavy atom. The Kier molecular flexibility index (Phi) is 8.86. The first kappa shape index (κ1) is 28.8. The molecule has 11 heteroatoms. The molecule has 0 spiro atoms. The summed E-state index contributed by atoms with van der Waals surface area (Å²) in [6, 6.07) is 19.7. The quantitative estimate of drug-likeness (QED) is 0.381. The van der Waals surface area contributed by atoms with Gasteiger partial charge in [0, 0.05) is 44.6 Å². The van der Waals surface area contributed by atoms with Gasteiger partial charge in [0.2, 0.25) is 15.9 Å². The van der Waals surface area contributed by atoms with Gasteiger partial charge in [-0.05, 0) is 66.1 Å². The van der Waals surface area contributed by atoms with Crippen molar-refractivity contribution in [3.63, 3.8) is 0 Å². The molecule has 0 fully saturated rings. The zero-order valence-electron chi connectivity index (χ0n) is 22.6. The number of carbonyl (C=O) groups is 3. The lowest BCUT2D eigenvalue weighted by molar-refractivity contribution is -0.148. The van der Waals surface area contributed by atoms with E-state index >= 15 is 0 Å². The van der Waals surface area contributed by atoms with Crippen LogP contribution in [0.15, 0.2) is 77.7 Å². The van der Waals surface area contributed by atoms with Gasteiger partial charge in [-0.3, -0.25) is 14.4 Å². The molecule has 1 heterocycles. The molecule has 2 amide bonds. The summed E-state index contributed by atoms with van der Waals surface area (Å²) in [4.78, 5) is 38.6. The largest absolute Gasteiger partial charge is 0.456 e. The lowest BCUT2D eigenvalue weighted by Crippen LogP contribution is -2.41. The SMILES string of the molecule is CC(=O)Nc1ccc(S(=O)(=O)N2CCc3ccccc3C2CC(=O)OCC(=O)Nc2ccc(N(C)C)cc2)cc1. The summed E-state index contributed by atoms with van der Waals surface area (Å²) in [5.74, 6) is -1.46. The van der Waals surface area contributed by atoms with Crippen LogP contribution in [0, 0.1) is 0 Å². The molecule has 10 nitrogen and oxygen atoms in total. The number of nitrogens with one attached hydrogen (secondary N) is 2. The van der Waals surface area contributed by atoms with Crippen LogP contribution in [0.1, 0.15) is 30.5 Å². The maximum Gasteiger partial charge on any atom is 0.308 e. The minimum atomic E-state index is -4.00. The second kappa shape index (κ2) is 12.3. The standard InChI is InChI=1S/C29H32N4O6S/c1-20(34)30-22-10-14-25(15-11-22)40(37,38)33-17-16-21-6-4-5-7-26(21)27(33)18-29(36)39-19-28(35)31-23-8-12-24(13-9-23)32(2)3/h4-15,27H,16-19H2,1-3H3,(H,30,34)(H,31,35). The number of carbonyl (C=O) groups excluding carboxylic acids is 3. The predicted octanol–water partition coefficient (Wildman–Crippen LogP) is 3.57. The number of ether oxygens (including phenoxy) is 1. The van der Waals surface area contributed by atoms with Crippen LogP contribution in [0.3, 0.4) is 0 Å². The Hall–Kier alpha value is -4.22. The highest BCUT2D eigenvalue weighted by molar-refractivity contribution is 7.89. The van der Waals surface area contributed by atoms with Gasteiger partial charge < -0.3 is 20.3 Å². The summed E-state index contributed by atoms with van der Waals surface area (Å²) in [5, 5.41) is 5.30. The van der Waals surface area contributed by atoms with Gasteiger partial charge in [-0.15, -0.1) is 0 Å². The van der Waals surface area contributed by atoms with Crippen molar-refractivity contribution in [1.29, 1.82) is 0 Å². The number of hydrogen-bond donors (Lipinski definition) is 2. The van der Waals surface area contributed by atoms with Crippen LogP contribution in [0.25, 0.3) is 0 Å². The zero-order chi connectivity index (χ0) is 28.9. The van der Waals surface area contributed by atoms with Crippen molar-refractivity contribution in [3.8, 4) is 0 Å². The van der Waals surface area contributed by atoms with Gasteiger partial charge in [0.15, 0.2) is 6.61 Å². The summed E-state index contributed by atoms with van der Waals surface area (Å²) in [6.45, 7) is 1.04. The molecule has 1 unspecified atom stereocenters.